The number of hydrogen-bond acceptors (Lipinski definition) is 2. The average molecular weight is 270 g/mol. The first-order valence-electron chi connectivity index (χ1n) is 6.17. The van der Waals surface area contributed by atoms with Crippen molar-refractivity contribution >= 4 is 17.4 Å². The number of rotatable bonds is 3. The molecule has 18 heavy (non-hydrogen) atoms. The van der Waals surface area contributed by atoms with Crippen molar-refractivity contribution in [3.8, 4) is 0 Å². The molecule has 0 saturated heterocycles. The molecule has 1 aromatic carbocycles. The van der Waals surface area contributed by atoms with E-state index in [1.165, 1.54) is 12.1 Å². The smallest absolute Gasteiger partial charge is 0.144 e. The Kier molecular flexibility index (Phi) is 3.74. The molecule has 2 atom stereocenters. The first-order chi connectivity index (χ1) is 8.45. The van der Waals surface area contributed by atoms with Crippen molar-refractivity contribution in [1.29, 1.82) is 0 Å². The third kappa shape index (κ3) is 2.29. The van der Waals surface area contributed by atoms with Gasteiger partial charge in [0.25, 0.3) is 0 Å². The molecule has 1 aliphatic rings. The van der Waals surface area contributed by atoms with Gasteiger partial charge in [-0.2, -0.15) is 0 Å². The van der Waals surface area contributed by atoms with Crippen LogP contribution in [0.3, 0.4) is 0 Å². The van der Waals surface area contributed by atoms with Crippen LogP contribution in [0, 0.1) is 11.2 Å². The highest BCUT2D eigenvalue weighted by molar-refractivity contribution is 6.31. The van der Waals surface area contributed by atoms with E-state index in [1.54, 1.807) is 6.07 Å². The molecule has 2 N–H and O–H groups in total. The van der Waals surface area contributed by atoms with Crippen LogP contribution in [0.2, 0.25) is 5.02 Å². The van der Waals surface area contributed by atoms with Gasteiger partial charge in [-0.1, -0.05) is 31.0 Å². The van der Waals surface area contributed by atoms with E-state index in [0.717, 1.165) is 19.3 Å². The summed E-state index contributed by atoms with van der Waals surface area (Å²) in [6.07, 6.45) is 2.61. The van der Waals surface area contributed by atoms with Crippen LogP contribution in [0.4, 0.5) is 4.39 Å². The molecule has 2 rings (SSSR count). The Labute approximate surface area is 111 Å². The highest BCUT2D eigenvalue weighted by Gasteiger charge is 2.42. The Bertz CT molecular complexity index is 457. The van der Waals surface area contributed by atoms with Crippen LogP contribution >= 0.6 is 11.6 Å². The van der Waals surface area contributed by atoms with Gasteiger partial charge < -0.3 is 5.73 Å². The number of benzene rings is 1. The fourth-order valence-corrected chi connectivity index (χ4v) is 2.83. The predicted molar refractivity (Wildman–Crippen MR) is 70.1 cm³/mol. The van der Waals surface area contributed by atoms with Crippen molar-refractivity contribution in [2.45, 2.75) is 38.6 Å². The second-order valence-corrected chi connectivity index (χ2v) is 5.62. The zero-order valence-electron chi connectivity index (χ0n) is 10.4. The van der Waals surface area contributed by atoms with Gasteiger partial charge in [0.1, 0.15) is 11.6 Å². The number of carbonyl (C=O) groups excluding carboxylic acids is 1. The van der Waals surface area contributed by atoms with Crippen molar-refractivity contribution in [3.63, 3.8) is 0 Å². The van der Waals surface area contributed by atoms with Crippen LogP contribution in [-0.2, 0) is 11.2 Å². The molecule has 0 heterocycles. The lowest BCUT2D eigenvalue weighted by Gasteiger charge is -2.27. The summed E-state index contributed by atoms with van der Waals surface area (Å²) < 4.78 is 13.7. The molecule has 1 aliphatic carbocycles. The number of ketones is 1. The summed E-state index contributed by atoms with van der Waals surface area (Å²) in [4.78, 5) is 12.3. The van der Waals surface area contributed by atoms with E-state index in [0.29, 0.717) is 5.02 Å². The van der Waals surface area contributed by atoms with Crippen LogP contribution in [0.5, 0.6) is 0 Å². The fraction of sp³-hybridized carbons (Fsp3) is 0.500. The maximum atomic E-state index is 13.7. The van der Waals surface area contributed by atoms with Gasteiger partial charge in [-0.25, -0.2) is 4.39 Å². The van der Waals surface area contributed by atoms with Gasteiger partial charge in [0.2, 0.25) is 0 Å². The maximum Gasteiger partial charge on any atom is 0.144 e. The summed E-state index contributed by atoms with van der Waals surface area (Å²) in [5.41, 5.74) is 5.74. The monoisotopic (exact) mass is 269 g/mol. The highest BCUT2D eigenvalue weighted by Crippen LogP contribution is 2.38. The first kappa shape index (κ1) is 13.5. The molecule has 0 amide bonds. The van der Waals surface area contributed by atoms with Gasteiger partial charge in [0.15, 0.2) is 0 Å². The summed E-state index contributed by atoms with van der Waals surface area (Å²) in [6.45, 7) is 1.88. The van der Waals surface area contributed by atoms with E-state index in [2.05, 4.69) is 0 Å². The lowest BCUT2D eigenvalue weighted by atomic mass is 9.78. The summed E-state index contributed by atoms with van der Waals surface area (Å²) in [6, 6.07) is 4.33. The van der Waals surface area contributed by atoms with Crippen LogP contribution in [-0.4, -0.2) is 11.8 Å². The molecule has 0 bridgehead atoms. The number of carbonyl (C=O) groups is 1. The molecule has 2 nitrogen and oxygen atoms in total. The molecule has 1 aromatic rings. The fourth-order valence-electron chi connectivity index (χ4n) is 2.60. The normalized spacial score (nSPS) is 27.4. The SMILES string of the molecule is CC1(C(=O)Cc2c(F)cccc2Cl)CCCC1N. The van der Waals surface area contributed by atoms with Gasteiger partial charge in [0.05, 0.1) is 0 Å². The number of hydrogen-bond donors (Lipinski definition) is 1. The van der Waals surface area contributed by atoms with Gasteiger partial charge in [-0.05, 0) is 25.0 Å². The van der Waals surface area contributed by atoms with Gasteiger partial charge in [-0.3, -0.25) is 4.79 Å². The van der Waals surface area contributed by atoms with Crippen molar-refractivity contribution in [1.82, 2.24) is 0 Å². The van der Waals surface area contributed by atoms with E-state index in [4.69, 9.17) is 17.3 Å². The largest absolute Gasteiger partial charge is 0.327 e. The Balaban J connectivity index is 2.22. The minimum atomic E-state index is -0.536. The zero-order chi connectivity index (χ0) is 13.3. The Morgan fingerprint density at radius 1 is 1.61 bits per heavy atom. The minimum Gasteiger partial charge on any atom is -0.327 e. The standard InChI is InChI=1S/C14H17ClFNO/c1-14(7-3-6-12(14)17)13(18)8-9-10(15)4-2-5-11(9)16/h2,4-5,12H,3,6-8,17H2,1H3. The summed E-state index contributed by atoms with van der Waals surface area (Å²) in [5, 5.41) is 0.304. The number of halogens is 2. The van der Waals surface area contributed by atoms with Crippen LogP contribution in [0.15, 0.2) is 18.2 Å². The lowest BCUT2D eigenvalue weighted by molar-refractivity contribution is -0.127. The summed E-state index contributed by atoms with van der Waals surface area (Å²) in [7, 11) is 0. The third-order valence-electron chi connectivity index (χ3n) is 4.07. The Morgan fingerprint density at radius 3 is 2.89 bits per heavy atom. The van der Waals surface area contributed by atoms with Crippen molar-refractivity contribution in [2.24, 2.45) is 11.1 Å². The molecule has 2 unspecified atom stereocenters. The topological polar surface area (TPSA) is 43.1 Å². The van der Waals surface area contributed by atoms with Gasteiger partial charge in [0, 0.05) is 28.5 Å². The van der Waals surface area contributed by atoms with Crippen molar-refractivity contribution in [3.05, 3.63) is 34.6 Å². The molecule has 0 spiro atoms. The van der Waals surface area contributed by atoms with Gasteiger partial charge in [-0.15, -0.1) is 0 Å². The van der Waals surface area contributed by atoms with Crippen molar-refractivity contribution < 1.29 is 9.18 Å². The van der Waals surface area contributed by atoms with Gasteiger partial charge >= 0.3 is 0 Å². The highest BCUT2D eigenvalue weighted by atomic mass is 35.5. The number of Topliss-reactive ketones (excluding diaryl/α,β-unsaturated/α-hetero) is 1. The van der Waals surface area contributed by atoms with Crippen molar-refractivity contribution in [2.75, 3.05) is 0 Å². The molecular formula is C14H17ClFNO. The van der Waals surface area contributed by atoms with E-state index in [1.807, 2.05) is 6.92 Å². The molecule has 0 radical (unpaired) electrons. The molecule has 98 valence electrons. The maximum absolute atomic E-state index is 13.7. The second kappa shape index (κ2) is 4.98. The van der Waals surface area contributed by atoms with Crippen LogP contribution in [0.25, 0.3) is 0 Å². The molecule has 1 saturated carbocycles. The van der Waals surface area contributed by atoms with E-state index in [9.17, 15) is 9.18 Å². The third-order valence-corrected chi connectivity index (χ3v) is 4.42. The second-order valence-electron chi connectivity index (χ2n) is 5.22. The van der Waals surface area contributed by atoms with Crippen LogP contribution in [0.1, 0.15) is 31.7 Å². The molecular weight excluding hydrogens is 253 g/mol. The van der Waals surface area contributed by atoms with E-state index >= 15 is 0 Å². The van der Waals surface area contributed by atoms with Crippen LogP contribution < -0.4 is 5.73 Å². The molecule has 1 fully saturated rings. The Morgan fingerprint density at radius 2 is 2.33 bits per heavy atom. The quantitative estimate of drug-likeness (QED) is 0.916. The minimum absolute atomic E-state index is 0.0144. The predicted octanol–water partition coefficient (Wildman–Crippen LogP) is 3.11. The summed E-state index contributed by atoms with van der Waals surface area (Å²) >= 11 is 5.94. The summed E-state index contributed by atoms with van der Waals surface area (Å²) in [5.74, 6) is -0.439. The first-order valence-corrected chi connectivity index (χ1v) is 6.54. The lowest BCUT2D eigenvalue weighted by Crippen LogP contribution is -2.42. The zero-order valence-corrected chi connectivity index (χ0v) is 11.1. The average Bonchev–Trinajstić information content (AvgIpc) is 2.66. The number of nitrogens with two attached hydrogens (primary N) is 1. The molecule has 4 heteroatoms. The van der Waals surface area contributed by atoms with E-state index in [-0.39, 0.29) is 23.8 Å². The Hall–Kier alpha value is -0.930. The molecule has 0 aromatic heterocycles. The van der Waals surface area contributed by atoms with E-state index < -0.39 is 11.2 Å². The molecule has 0 aliphatic heterocycles.